The molecule has 0 spiro atoms. The number of methoxy groups -OCH3 is 2. The van der Waals surface area contributed by atoms with Crippen LogP contribution in [-0.2, 0) is 9.47 Å². The van der Waals surface area contributed by atoms with Gasteiger partial charge in [-0.05, 0) is 25.0 Å². The lowest BCUT2D eigenvalue weighted by atomic mass is 10.0. The molecule has 0 bridgehead atoms. The number of aliphatic hydroxyl groups is 1. The third-order valence-electron chi connectivity index (χ3n) is 4.11. The normalized spacial score (nSPS) is 25.1. The lowest BCUT2D eigenvalue weighted by molar-refractivity contribution is -0.00461. The zero-order chi connectivity index (χ0) is 14.7. The largest absolute Gasteiger partial charge is 0.387 e. The Kier molecular flexibility index (Phi) is 5.16. The van der Waals surface area contributed by atoms with Gasteiger partial charge in [0.1, 0.15) is 0 Å². The Hall–Kier alpha value is -0.940. The molecule has 1 saturated heterocycles. The van der Waals surface area contributed by atoms with Crippen LogP contribution >= 0.6 is 0 Å². The average molecular weight is 279 g/mol. The second-order valence-corrected chi connectivity index (χ2v) is 5.64. The van der Waals surface area contributed by atoms with Gasteiger partial charge in [-0.1, -0.05) is 23.8 Å². The summed E-state index contributed by atoms with van der Waals surface area (Å²) in [7, 11) is 3.42. The summed E-state index contributed by atoms with van der Waals surface area (Å²) in [6.07, 6.45) is -0.290. The van der Waals surface area contributed by atoms with E-state index in [0.717, 1.165) is 24.2 Å². The maximum absolute atomic E-state index is 10.4. The SMILES string of the molecule is COC1CN(CC(O)c2ccc(C)cc2C)CC1OC. The molecular weight excluding hydrogens is 254 g/mol. The van der Waals surface area contributed by atoms with Crippen LogP contribution in [0.3, 0.4) is 0 Å². The quantitative estimate of drug-likeness (QED) is 0.890. The molecule has 4 heteroatoms. The molecule has 3 unspecified atom stereocenters. The average Bonchev–Trinajstić information content (AvgIpc) is 2.80. The van der Waals surface area contributed by atoms with Gasteiger partial charge in [0.25, 0.3) is 0 Å². The second-order valence-electron chi connectivity index (χ2n) is 5.64. The summed E-state index contributed by atoms with van der Waals surface area (Å²) in [4.78, 5) is 2.20. The molecule has 20 heavy (non-hydrogen) atoms. The highest BCUT2D eigenvalue weighted by molar-refractivity contribution is 5.32. The molecular formula is C16H25NO3. The lowest BCUT2D eigenvalue weighted by Gasteiger charge is -2.21. The van der Waals surface area contributed by atoms with Crippen LogP contribution in [0.15, 0.2) is 18.2 Å². The standard InChI is InChI=1S/C16H25NO3/c1-11-5-6-13(12(2)7-11)14(18)8-17-9-15(19-3)16(10-17)20-4/h5-7,14-16,18H,8-10H2,1-4H3. The molecule has 1 N–H and O–H groups in total. The summed E-state index contributed by atoms with van der Waals surface area (Å²) >= 11 is 0. The maximum atomic E-state index is 10.4. The van der Waals surface area contributed by atoms with E-state index in [4.69, 9.17) is 9.47 Å². The third kappa shape index (κ3) is 3.38. The van der Waals surface area contributed by atoms with Crippen LogP contribution in [0.2, 0.25) is 0 Å². The number of ether oxygens (including phenoxy) is 2. The van der Waals surface area contributed by atoms with Crippen LogP contribution in [0.25, 0.3) is 0 Å². The molecule has 4 nitrogen and oxygen atoms in total. The third-order valence-corrected chi connectivity index (χ3v) is 4.11. The van der Waals surface area contributed by atoms with E-state index in [9.17, 15) is 5.11 Å². The van der Waals surface area contributed by atoms with Gasteiger partial charge in [0, 0.05) is 33.9 Å². The van der Waals surface area contributed by atoms with E-state index >= 15 is 0 Å². The molecule has 1 heterocycles. The Morgan fingerprint density at radius 3 is 2.30 bits per heavy atom. The zero-order valence-corrected chi connectivity index (χ0v) is 12.8. The van der Waals surface area contributed by atoms with Crippen molar-refractivity contribution in [2.45, 2.75) is 32.2 Å². The summed E-state index contributed by atoms with van der Waals surface area (Å²) in [5.41, 5.74) is 3.37. The van der Waals surface area contributed by atoms with Gasteiger partial charge in [0.15, 0.2) is 0 Å². The summed E-state index contributed by atoms with van der Waals surface area (Å²) in [5, 5.41) is 10.4. The highest BCUT2D eigenvalue weighted by atomic mass is 16.5. The van der Waals surface area contributed by atoms with Gasteiger partial charge in [-0.25, -0.2) is 0 Å². The minimum absolute atomic E-state index is 0.0892. The van der Waals surface area contributed by atoms with E-state index in [1.807, 2.05) is 19.1 Å². The van der Waals surface area contributed by atoms with Crippen molar-refractivity contribution in [1.29, 1.82) is 0 Å². The van der Waals surface area contributed by atoms with Crippen LogP contribution in [0.1, 0.15) is 22.8 Å². The highest BCUT2D eigenvalue weighted by Gasteiger charge is 2.33. The molecule has 1 aliphatic rings. The van der Waals surface area contributed by atoms with Crippen LogP contribution in [0, 0.1) is 13.8 Å². The van der Waals surface area contributed by atoms with Gasteiger partial charge in [-0.2, -0.15) is 0 Å². The Labute approximate surface area is 121 Å². The molecule has 3 atom stereocenters. The van der Waals surface area contributed by atoms with Gasteiger partial charge in [0.2, 0.25) is 0 Å². The Morgan fingerprint density at radius 2 is 1.80 bits per heavy atom. The van der Waals surface area contributed by atoms with E-state index < -0.39 is 6.10 Å². The van der Waals surface area contributed by atoms with Crippen LogP contribution in [0.5, 0.6) is 0 Å². The first-order valence-corrected chi connectivity index (χ1v) is 7.08. The Balaban J connectivity index is 2.00. The summed E-state index contributed by atoms with van der Waals surface area (Å²) < 4.78 is 10.8. The minimum Gasteiger partial charge on any atom is -0.387 e. The first kappa shape index (κ1) is 15.4. The fourth-order valence-electron chi connectivity index (χ4n) is 2.96. The predicted octanol–water partition coefficient (Wildman–Crippen LogP) is 1.68. The fraction of sp³-hybridized carbons (Fsp3) is 0.625. The molecule has 0 radical (unpaired) electrons. The van der Waals surface area contributed by atoms with Crippen molar-refractivity contribution >= 4 is 0 Å². The molecule has 1 aliphatic heterocycles. The van der Waals surface area contributed by atoms with Gasteiger partial charge in [-0.3, -0.25) is 4.90 Å². The number of aliphatic hydroxyl groups excluding tert-OH is 1. The smallest absolute Gasteiger partial charge is 0.0971 e. The van der Waals surface area contributed by atoms with Crippen LogP contribution < -0.4 is 0 Å². The first-order chi connectivity index (χ1) is 9.55. The van der Waals surface area contributed by atoms with E-state index in [1.165, 1.54) is 5.56 Å². The summed E-state index contributed by atoms with van der Waals surface area (Å²) in [6.45, 7) is 6.33. The number of hydrogen-bond acceptors (Lipinski definition) is 4. The monoisotopic (exact) mass is 279 g/mol. The van der Waals surface area contributed by atoms with E-state index in [2.05, 4.69) is 17.9 Å². The summed E-state index contributed by atoms with van der Waals surface area (Å²) in [6, 6.07) is 6.18. The molecule has 0 aliphatic carbocycles. The molecule has 2 rings (SSSR count). The van der Waals surface area contributed by atoms with Gasteiger partial charge in [-0.15, -0.1) is 0 Å². The lowest BCUT2D eigenvalue weighted by Crippen LogP contribution is -2.28. The van der Waals surface area contributed by atoms with Crippen molar-refractivity contribution < 1.29 is 14.6 Å². The van der Waals surface area contributed by atoms with Crippen molar-refractivity contribution in [1.82, 2.24) is 4.90 Å². The number of aryl methyl sites for hydroxylation is 2. The van der Waals surface area contributed by atoms with Crippen molar-refractivity contribution in [3.8, 4) is 0 Å². The molecule has 112 valence electrons. The number of benzene rings is 1. The number of β-amino-alcohol motifs (C(OH)–C–C–N with tert-alkyl or cyclic N) is 1. The number of hydrogen-bond donors (Lipinski definition) is 1. The fourth-order valence-corrected chi connectivity index (χ4v) is 2.96. The zero-order valence-electron chi connectivity index (χ0n) is 12.8. The molecule has 1 aromatic carbocycles. The number of rotatable bonds is 5. The number of nitrogens with zero attached hydrogens (tertiary/aromatic N) is 1. The maximum Gasteiger partial charge on any atom is 0.0971 e. The topological polar surface area (TPSA) is 41.9 Å². The molecule has 1 aromatic rings. The Bertz CT molecular complexity index is 437. The molecule has 1 fully saturated rings. The molecule has 0 amide bonds. The van der Waals surface area contributed by atoms with Crippen molar-refractivity contribution in [3.63, 3.8) is 0 Å². The van der Waals surface area contributed by atoms with E-state index in [1.54, 1.807) is 14.2 Å². The molecule has 0 aromatic heterocycles. The van der Waals surface area contributed by atoms with E-state index in [0.29, 0.717) is 6.54 Å². The molecule has 0 saturated carbocycles. The van der Waals surface area contributed by atoms with Gasteiger partial charge in [0.05, 0.1) is 18.3 Å². The predicted molar refractivity (Wildman–Crippen MR) is 78.9 cm³/mol. The van der Waals surface area contributed by atoms with Crippen LogP contribution in [0.4, 0.5) is 0 Å². The Morgan fingerprint density at radius 1 is 1.20 bits per heavy atom. The highest BCUT2D eigenvalue weighted by Crippen LogP contribution is 2.23. The van der Waals surface area contributed by atoms with Crippen LogP contribution in [-0.4, -0.2) is 56.1 Å². The van der Waals surface area contributed by atoms with Crippen molar-refractivity contribution in [3.05, 3.63) is 34.9 Å². The van der Waals surface area contributed by atoms with Gasteiger partial charge >= 0.3 is 0 Å². The minimum atomic E-state index is -0.469. The van der Waals surface area contributed by atoms with Crippen molar-refractivity contribution in [2.75, 3.05) is 33.9 Å². The first-order valence-electron chi connectivity index (χ1n) is 7.08. The number of likely N-dealkylation sites (tertiary alicyclic amines) is 1. The second kappa shape index (κ2) is 6.68. The van der Waals surface area contributed by atoms with E-state index in [-0.39, 0.29) is 12.2 Å². The summed E-state index contributed by atoms with van der Waals surface area (Å²) in [5.74, 6) is 0. The van der Waals surface area contributed by atoms with Gasteiger partial charge < -0.3 is 14.6 Å². The van der Waals surface area contributed by atoms with Crippen molar-refractivity contribution in [2.24, 2.45) is 0 Å².